The number of ether oxygens (including phenoxy) is 1. The van der Waals surface area contributed by atoms with E-state index in [0.717, 1.165) is 26.4 Å². The number of anilines is 3. The quantitative estimate of drug-likeness (QED) is 0.144. The van der Waals surface area contributed by atoms with Crippen molar-refractivity contribution in [2.45, 2.75) is 68.9 Å². The zero-order valence-electron chi connectivity index (χ0n) is 27.1. The largest absolute Gasteiger partial charge is 0.444 e. The third-order valence-corrected chi connectivity index (χ3v) is 8.13. The monoisotopic (exact) mass is 652 g/mol. The summed E-state index contributed by atoms with van der Waals surface area (Å²) in [5.74, 6) is 0.175. The van der Waals surface area contributed by atoms with Gasteiger partial charge in [0.25, 0.3) is 5.91 Å². The maximum absolute atomic E-state index is 13.4. The number of hydrogen-bond acceptors (Lipinski definition) is 8. The number of aromatic nitrogens is 3. The molecule has 0 fully saturated rings. The minimum absolute atomic E-state index is 0.243. The van der Waals surface area contributed by atoms with Gasteiger partial charge in [0.1, 0.15) is 23.6 Å². The first-order valence-corrected chi connectivity index (χ1v) is 16.0. The van der Waals surface area contributed by atoms with E-state index in [1.165, 1.54) is 30.2 Å². The van der Waals surface area contributed by atoms with Gasteiger partial charge in [-0.1, -0.05) is 37.7 Å². The van der Waals surface area contributed by atoms with E-state index in [1.54, 1.807) is 36.4 Å². The smallest absolute Gasteiger partial charge is 0.412 e. The normalized spacial score (nSPS) is 12.1. The molecule has 0 radical (unpaired) electrons. The van der Waals surface area contributed by atoms with Gasteiger partial charge in [0.2, 0.25) is 0 Å². The van der Waals surface area contributed by atoms with Crippen LogP contribution < -0.4 is 16.0 Å². The molecule has 242 valence electrons. The van der Waals surface area contributed by atoms with E-state index in [0.29, 0.717) is 28.4 Å². The van der Waals surface area contributed by atoms with E-state index in [4.69, 9.17) is 9.72 Å². The Kier molecular flexibility index (Phi) is 10.0. The minimum Gasteiger partial charge on any atom is -0.444 e. The highest BCUT2D eigenvalue weighted by Crippen LogP contribution is 2.37. The highest BCUT2D eigenvalue weighted by atomic mass is 32.2. The Morgan fingerprint density at radius 3 is 2.30 bits per heavy atom. The summed E-state index contributed by atoms with van der Waals surface area (Å²) in [4.78, 5) is 40.9. The second-order valence-corrected chi connectivity index (χ2v) is 13.4. The topological polar surface area (TPSA) is 118 Å². The maximum atomic E-state index is 13.4. The molecule has 47 heavy (non-hydrogen) atoms. The van der Waals surface area contributed by atoms with Crippen LogP contribution >= 0.6 is 11.8 Å². The highest BCUT2D eigenvalue weighted by Gasteiger charge is 2.18. The first-order chi connectivity index (χ1) is 22.3. The first-order valence-electron chi connectivity index (χ1n) is 15.2. The van der Waals surface area contributed by atoms with Crippen LogP contribution in [0.2, 0.25) is 0 Å². The standard InChI is InChI=1S/C36H37FN6O3S/c1-21(2)29-17-16-28-32(42-29)38-20-39-33(28)43-30-19-24(34(44)40-22(3)23-7-10-25(37)11-8-23)9-18-31(30)47-27-14-12-26(13-15-27)41-35(45)46-36(4,5)6/h7-22H,1-6H3,(H,40,44)(H,41,45)(H,38,39,42,43)/t22-/m0/s1. The lowest BCUT2D eigenvalue weighted by Gasteiger charge is -2.19. The molecule has 0 bridgehead atoms. The maximum Gasteiger partial charge on any atom is 0.412 e. The first kappa shape index (κ1) is 33.3. The summed E-state index contributed by atoms with van der Waals surface area (Å²) in [5.41, 5.74) is 3.37. The van der Waals surface area contributed by atoms with Gasteiger partial charge in [0.15, 0.2) is 5.65 Å². The summed E-state index contributed by atoms with van der Waals surface area (Å²) in [6.45, 7) is 11.4. The molecule has 11 heteroatoms. The summed E-state index contributed by atoms with van der Waals surface area (Å²) >= 11 is 1.48. The molecule has 0 aliphatic rings. The third kappa shape index (κ3) is 8.82. The number of nitrogens with zero attached hydrogens (tertiary/aromatic N) is 3. The van der Waals surface area contributed by atoms with E-state index in [9.17, 15) is 14.0 Å². The summed E-state index contributed by atoms with van der Waals surface area (Å²) in [7, 11) is 0. The number of hydrogen-bond donors (Lipinski definition) is 3. The summed E-state index contributed by atoms with van der Waals surface area (Å²) in [5, 5.41) is 9.91. The van der Waals surface area contributed by atoms with Crippen LogP contribution in [-0.4, -0.2) is 32.6 Å². The molecular formula is C36H37FN6O3S. The number of fused-ring (bicyclic) bond motifs is 1. The predicted octanol–water partition coefficient (Wildman–Crippen LogP) is 9.02. The van der Waals surface area contributed by atoms with Crippen LogP contribution in [-0.2, 0) is 4.74 Å². The van der Waals surface area contributed by atoms with E-state index in [-0.39, 0.29) is 23.7 Å². The zero-order valence-corrected chi connectivity index (χ0v) is 27.9. The molecular weight excluding hydrogens is 616 g/mol. The molecule has 0 aliphatic carbocycles. The van der Waals surface area contributed by atoms with Crippen LogP contribution in [0, 0.1) is 5.82 Å². The van der Waals surface area contributed by atoms with Gasteiger partial charge in [0.05, 0.1) is 17.1 Å². The van der Waals surface area contributed by atoms with Crippen LogP contribution in [0.15, 0.2) is 95.0 Å². The number of pyridine rings is 1. The van der Waals surface area contributed by atoms with Crippen LogP contribution in [0.5, 0.6) is 0 Å². The summed E-state index contributed by atoms with van der Waals surface area (Å²) < 4.78 is 18.8. The zero-order chi connectivity index (χ0) is 33.7. The molecule has 2 amide bonds. The Labute approximate surface area is 277 Å². The predicted molar refractivity (Wildman–Crippen MR) is 184 cm³/mol. The second-order valence-electron chi connectivity index (χ2n) is 12.3. The van der Waals surface area contributed by atoms with E-state index in [2.05, 4.69) is 39.8 Å². The molecule has 9 nitrogen and oxygen atoms in total. The van der Waals surface area contributed by atoms with Crippen molar-refractivity contribution in [1.29, 1.82) is 0 Å². The van der Waals surface area contributed by atoms with Gasteiger partial charge in [-0.2, -0.15) is 0 Å². The van der Waals surface area contributed by atoms with Crippen molar-refractivity contribution < 1.29 is 18.7 Å². The molecule has 5 rings (SSSR count). The summed E-state index contributed by atoms with van der Waals surface area (Å²) in [6.07, 6.45) is 0.936. The number of rotatable bonds is 9. The second kappa shape index (κ2) is 14.2. The van der Waals surface area contributed by atoms with Crippen molar-refractivity contribution in [3.05, 3.63) is 108 Å². The molecule has 0 aliphatic heterocycles. The molecule has 0 spiro atoms. The van der Waals surface area contributed by atoms with Gasteiger partial charge >= 0.3 is 6.09 Å². The third-order valence-electron chi connectivity index (χ3n) is 7.05. The fraction of sp³-hybridized carbons (Fsp3) is 0.250. The Morgan fingerprint density at radius 1 is 0.894 bits per heavy atom. The van der Waals surface area contributed by atoms with Crippen molar-refractivity contribution in [3.63, 3.8) is 0 Å². The SMILES string of the molecule is CC(C)c1ccc2c(Nc3cc(C(=O)N[C@@H](C)c4ccc(F)cc4)ccc3Sc3ccc(NC(=O)OC(C)(C)C)cc3)ncnc2n1. The van der Waals surface area contributed by atoms with Gasteiger partial charge in [0, 0.05) is 26.7 Å². The van der Waals surface area contributed by atoms with E-state index in [1.807, 2.05) is 58.0 Å². The van der Waals surface area contributed by atoms with Gasteiger partial charge in [-0.3, -0.25) is 10.1 Å². The lowest BCUT2D eigenvalue weighted by atomic mass is 10.1. The van der Waals surface area contributed by atoms with Gasteiger partial charge in [-0.05, 0) is 106 Å². The molecule has 0 saturated carbocycles. The molecule has 3 N–H and O–H groups in total. The number of nitrogens with one attached hydrogen (secondary N) is 3. The molecule has 3 aromatic carbocycles. The Bertz CT molecular complexity index is 1890. The van der Waals surface area contributed by atoms with Crippen LogP contribution in [0.1, 0.15) is 75.1 Å². The Morgan fingerprint density at radius 2 is 1.62 bits per heavy atom. The molecule has 1 atom stereocenters. The number of carbonyl (C=O) groups excluding carboxylic acids is 2. The van der Waals surface area contributed by atoms with Gasteiger partial charge in [-0.25, -0.2) is 24.1 Å². The lowest BCUT2D eigenvalue weighted by Crippen LogP contribution is -2.27. The fourth-order valence-corrected chi connectivity index (χ4v) is 5.52. The number of amides is 2. The highest BCUT2D eigenvalue weighted by molar-refractivity contribution is 7.99. The Balaban J connectivity index is 1.43. The van der Waals surface area contributed by atoms with Crippen molar-refractivity contribution in [2.75, 3.05) is 10.6 Å². The molecule has 2 aromatic heterocycles. The number of halogens is 1. The van der Waals surface area contributed by atoms with Crippen LogP contribution in [0.4, 0.5) is 26.4 Å². The fourth-order valence-electron chi connectivity index (χ4n) is 4.63. The van der Waals surface area contributed by atoms with Crippen molar-refractivity contribution >= 4 is 52.0 Å². The van der Waals surface area contributed by atoms with Crippen LogP contribution in [0.3, 0.4) is 0 Å². The van der Waals surface area contributed by atoms with E-state index < -0.39 is 11.7 Å². The lowest BCUT2D eigenvalue weighted by molar-refractivity contribution is 0.0635. The van der Waals surface area contributed by atoms with E-state index >= 15 is 0 Å². The Hall–Kier alpha value is -5.03. The van der Waals surface area contributed by atoms with Crippen molar-refractivity contribution in [2.24, 2.45) is 0 Å². The molecule has 0 unspecified atom stereocenters. The van der Waals surface area contributed by atoms with Gasteiger partial charge in [-0.15, -0.1) is 0 Å². The van der Waals surface area contributed by atoms with Crippen molar-refractivity contribution in [1.82, 2.24) is 20.3 Å². The van der Waals surface area contributed by atoms with Crippen LogP contribution in [0.25, 0.3) is 11.0 Å². The van der Waals surface area contributed by atoms with Gasteiger partial charge < -0.3 is 15.4 Å². The summed E-state index contributed by atoms with van der Waals surface area (Å²) in [6, 6.07) is 22.4. The molecule has 0 saturated heterocycles. The minimum atomic E-state index is -0.604. The molecule has 5 aromatic rings. The average molecular weight is 653 g/mol. The van der Waals surface area contributed by atoms with Crippen molar-refractivity contribution in [3.8, 4) is 0 Å². The number of carbonyl (C=O) groups is 2. The number of benzene rings is 3. The average Bonchev–Trinajstić information content (AvgIpc) is 3.02. The molecule has 2 heterocycles.